The second kappa shape index (κ2) is 5.08. The lowest BCUT2D eigenvalue weighted by Crippen LogP contribution is -2.33. The Kier molecular flexibility index (Phi) is 4.20. The summed E-state index contributed by atoms with van der Waals surface area (Å²) in [4.78, 5) is 0. The molecule has 0 amide bonds. The second-order valence-corrected chi connectivity index (χ2v) is 7.60. The highest BCUT2D eigenvalue weighted by molar-refractivity contribution is 7.94. The van der Waals surface area contributed by atoms with E-state index in [2.05, 4.69) is 11.6 Å². The Morgan fingerprint density at radius 1 is 1.12 bits per heavy atom. The van der Waals surface area contributed by atoms with E-state index in [1.54, 1.807) is 20.8 Å². The largest absolute Gasteiger partial charge is 0.283 e. The van der Waals surface area contributed by atoms with Crippen molar-refractivity contribution in [2.75, 3.05) is 4.72 Å². The Balaban J connectivity index is 2.83. The van der Waals surface area contributed by atoms with Crippen LogP contribution in [0, 0.1) is 0 Å². The van der Waals surface area contributed by atoms with Crippen LogP contribution in [0.15, 0.2) is 24.3 Å². The molecule has 3 nitrogen and oxygen atoms in total. The van der Waals surface area contributed by atoms with Crippen molar-refractivity contribution in [2.45, 2.75) is 45.3 Å². The highest BCUT2D eigenvalue weighted by Crippen LogP contribution is 2.19. The number of hydrogen-bond acceptors (Lipinski definition) is 2. The first-order valence-corrected chi connectivity index (χ1v) is 7.36. The summed E-state index contributed by atoms with van der Waals surface area (Å²) >= 11 is 0. The third-order valence-electron chi connectivity index (χ3n) is 2.55. The van der Waals surface area contributed by atoms with Gasteiger partial charge in [-0.1, -0.05) is 25.5 Å². The van der Waals surface area contributed by atoms with Gasteiger partial charge in [0.1, 0.15) is 0 Å². The Bertz CT molecular complexity index is 455. The average molecular weight is 255 g/mol. The summed E-state index contributed by atoms with van der Waals surface area (Å²) in [7, 11) is -3.33. The highest BCUT2D eigenvalue weighted by atomic mass is 32.2. The smallest absolute Gasteiger partial charge is 0.237 e. The first kappa shape index (κ1) is 14.0. The number of aryl methyl sites for hydroxylation is 1. The average Bonchev–Trinajstić information content (AvgIpc) is 2.19. The molecule has 0 bridgehead atoms. The lowest BCUT2D eigenvalue weighted by Gasteiger charge is -2.20. The fourth-order valence-electron chi connectivity index (χ4n) is 1.34. The minimum atomic E-state index is -3.33. The van der Waals surface area contributed by atoms with Crippen LogP contribution in [0.4, 0.5) is 5.69 Å². The van der Waals surface area contributed by atoms with E-state index in [0.717, 1.165) is 12.8 Å². The van der Waals surface area contributed by atoms with E-state index in [0.29, 0.717) is 5.69 Å². The molecule has 1 rings (SSSR count). The van der Waals surface area contributed by atoms with Gasteiger partial charge in [0.25, 0.3) is 0 Å². The summed E-state index contributed by atoms with van der Waals surface area (Å²) < 4.78 is 25.6. The number of anilines is 1. The molecule has 0 fully saturated rings. The molecule has 0 aromatic heterocycles. The molecule has 0 saturated carbocycles. The van der Waals surface area contributed by atoms with Gasteiger partial charge >= 0.3 is 0 Å². The fraction of sp³-hybridized carbons (Fsp3) is 0.538. The Hall–Kier alpha value is -1.03. The fourth-order valence-corrected chi connectivity index (χ4v) is 2.09. The van der Waals surface area contributed by atoms with Gasteiger partial charge in [0.15, 0.2) is 0 Å². The molecule has 0 heterocycles. The van der Waals surface area contributed by atoms with Crippen molar-refractivity contribution in [3.8, 4) is 0 Å². The van der Waals surface area contributed by atoms with Gasteiger partial charge < -0.3 is 0 Å². The van der Waals surface area contributed by atoms with Crippen LogP contribution in [0.3, 0.4) is 0 Å². The maximum atomic E-state index is 11.9. The molecule has 0 aliphatic carbocycles. The highest BCUT2D eigenvalue weighted by Gasteiger charge is 2.28. The summed E-state index contributed by atoms with van der Waals surface area (Å²) in [6, 6.07) is 7.55. The molecule has 4 heteroatoms. The minimum Gasteiger partial charge on any atom is -0.283 e. The molecule has 0 atom stereocenters. The molecule has 1 aromatic rings. The zero-order chi connectivity index (χ0) is 13.1. The summed E-state index contributed by atoms with van der Waals surface area (Å²) in [5.74, 6) is 0. The van der Waals surface area contributed by atoms with Gasteiger partial charge in [-0.25, -0.2) is 8.42 Å². The maximum Gasteiger partial charge on any atom is 0.237 e. The zero-order valence-electron chi connectivity index (χ0n) is 10.9. The Morgan fingerprint density at radius 2 is 1.65 bits per heavy atom. The molecule has 17 heavy (non-hydrogen) atoms. The van der Waals surface area contributed by atoms with E-state index in [1.807, 2.05) is 24.3 Å². The molecule has 1 N–H and O–H groups in total. The molecule has 0 saturated heterocycles. The van der Waals surface area contributed by atoms with Crippen LogP contribution in [-0.2, 0) is 16.4 Å². The number of sulfonamides is 1. The van der Waals surface area contributed by atoms with Crippen molar-refractivity contribution in [3.63, 3.8) is 0 Å². The molecule has 0 unspecified atom stereocenters. The topological polar surface area (TPSA) is 46.2 Å². The van der Waals surface area contributed by atoms with Crippen LogP contribution in [-0.4, -0.2) is 13.2 Å². The summed E-state index contributed by atoms with van der Waals surface area (Å²) in [6.07, 6.45) is 2.11. The molecule has 0 spiro atoms. The van der Waals surface area contributed by atoms with E-state index >= 15 is 0 Å². The van der Waals surface area contributed by atoms with Crippen LogP contribution < -0.4 is 4.72 Å². The van der Waals surface area contributed by atoms with Gasteiger partial charge in [-0.2, -0.15) is 0 Å². The normalized spacial score (nSPS) is 12.5. The Morgan fingerprint density at radius 3 is 2.06 bits per heavy atom. The van der Waals surface area contributed by atoms with Crippen LogP contribution in [0.5, 0.6) is 0 Å². The van der Waals surface area contributed by atoms with Crippen molar-refractivity contribution in [1.82, 2.24) is 0 Å². The van der Waals surface area contributed by atoms with E-state index in [9.17, 15) is 8.42 Å². The Labute approximate surface area is 104 Å². The molecular weight excluding hydrogens is 234 g/mol. The summed E-state index contributed by atoms with van der Waals surface area (Å²) in [5, 5.41) is 0. The van der Waals surface area contributed by atoms with Gasteiger partial charge in [0, 0.05) is 5.69 Å². The van der Waals surface area contributed by atoms with Gasteiger partial charge in [0.05, 0.1) is 4.75 Å². The van der Waals surface area contributed by atoms with E-state index in [4.69, 9.17) is 0 Å². The number of benzene rings is 1. The quantitative estimate of drug-likeness (QED) is 0.898. The lowest BCUT2D eigenvalue weighted by molar-refractivity contribution is 0.566. The molecule has 0 aliphatic rings. The van der Waals surface area contributed by atoms with Crippen LogP contribution >= 0.6 is 0 Å². The SMILES string of the molecule is CCCc1ccc(NS(=O)(=O)C(C)(C)C)cc1. The predicted octanol–water partition coefficient (Wildman–Crippen LogP) is 3.18. The standard InChI is InChI=1S/C13H21NO2S/c1-5-6-11-7-9-12(10-8-11)14-17(15,16)13(2,3)4/h7-10,14H,5-6H2,1-4H3. The predicted molar refractivity (Wildman–Crippen MR) is 72.7 cm³/mol. The monoisotopic (exact) mass is 255 g/mol. The van der Waals surface area contributed by atoms with Crippen molar-refractivity contribution >= 4 is 15.7 Å². The molecule has 0 radical (unpaired) electrons. The first-order valence-electron chi connectivity index (χ1n) is 5.87. The van der Waals surface area contributed by atoms with Crippen LogP contribution in [0.2, 0.25) is 0 Å². The van der Waals surface area contributed by atoms with Crippen molar-refractivity contribution < 1.29 is 8.42 Å². The van der Waals surface area contributed by atoms with Gasteiger partial charge in [-0.05, 0) is 44.9 Å². The molecule has 96 valence electrons. The van der Waals surface area contributed by atoms with Crippen LogP contribution in [0.1, 0.15) is 39.7 Å². The van der Waals surface area contributed by atoms with Crippen molar-refractivity contribution in [3.05, 3.63) is 29.8 Å². The minimum absolute atomic E-state index is 0.625. The zero-order valence-corrected chi connectivity index (χ0v) is 11.8. The van der Waals surface area contributed by atoms with E-state index in [-0.39, 0.29) is 0 Å². The number of nitrogens with one attached hydrogen (secondary N) is 1. The van der Waals surface area contributed by atoms with Crippen LogP contribution in [0.25, 0.3) is 0 Å². The van der Waals surface area contributed by atoms with Crippen molar-refractivity contribution in [1.29, 1.82) is 0 Å². The van der Waals surface area contributed by atoms with Gasteiger partial charge in [-0.15, -0.1) is 0 Å². The number of rotatable bonds is 4. The number of hydrogen-bond donors (Lipinski definition) is 1. The van der Waals surface area contributed by atoms with E-state index in [1.165, 1.54) is 5.56 Å². The molecular formula is C13H21NO2S. The first-order chi connectivity index (χ1) is 7.76. The van der Waals surface area contributed by atoms with Crippen molar-refractivity contribution in [2.24, 2.45) is 0 Å². The van der Waals surface area contributed by atoms with Gasteiger partial charge in [-0.3, -0.25) is 4.72 Å². The second-order valence-electron chi connectivity index (χ2n) is 5.16. The third kappa shape index (κ3) is 3.73. The summed E-state index contributed by atoms with van der Waals surface area (Å²) in [5.41, 5.74) is 1.85. The van der Waals surface area contributed by atoms with Gasteiger partial charge in [0.2, 0.25) is 10.0 Å². The summed E-state index contributed by atoms with van der Waals surface area (Å²) in [6.45, 7) is 7.17. The molecule has 1 aromatic carbocycles. The van der Waals surface area contributed by atoms with E-state index < -0.39 is 14.8 Å². The molecule has 0 aliphatic heterocycles. The maximum absolute atomic E-state index is 11.9. The lowest BCUT2D eigenvalue weighted by atomic mass is 10.1. The third-order valence-corrected chi connectivity index (χ3v) is 4.67.